The Hall–Kier alpha value is -8.33. The van der Waals surface area contributed by atoms with E-state index < -0.39 is 35.3 Å². The first-order chi connectivity index (χ1) is 66.0. The lowest BCUT2D eigenvalue weighted by Gasteiger charge is -2.24. The van der Waals surface area contributed by atoms with Gasteiger partial charge in [-0.2, -0.15) is 28.8 Å². The maximum Gasteiger partial charge on any atom is 0.509 e. The van der Waals surface area contributed by atoms with Crippen LogP contribution in [-0.2, 0) is 80.9 Å². The van der Waals surface area contributed by atoms with Gasteiger partial charge in [-0.05, 0) is 393 Å². The fraction of sp³-hybridized carbons (Fsp3) is 0.748. The summed E-state index contributed by atoms with van der Waals surface area (Å²) in [6.07, 6.45) is 62.5. The first kappa shape index (κ1) is 138. The molecule has 0 spiro atoms. The molecule has 32 nitrogen and oxygen atoms in total. The highest BCUT2D eigenvalue weighted by Gasteiger charge is 2.30. The second kappa shape index (κ2) is 77.1. The van der Waals surface area contributed by atoms with Crippen LogP contribution in [0.4, 0.5) is 38.4 Å². The Balaban J connectivity index is -0.00000153. The molecule has 10 N–H and O–H groups in total. The van der Waals surface area contributed by atoms with Gasteiger partial charge in [0.05, 0.1) is 12.2 Å². The molecule has 0 saturated carbocycles. The third kappa shape index (κ3) is 95.2. The fourth-order valence-corrected chi connectivity index (χ4v) is 15.3. The quantitative estimate of drug-likeness (QED) is 0.0674. The van der Waals surface area contributed by atoms with Gasteiger partial charge in [0.15, 0.2) is 0 Å². The van der Waals surface area contributed by atoms with Crippen molar-refractivity contribution in [2.75, 3.05) is 0 Å². The second-order valence-corrected chi connectivity index (χ2v) is 48.6. The predicted octanol–water partition coefficient (Wildman–Crippen LogP) is 24.9. The van der Waals surface area contributed by atoms with E-state index in [1.54, 1.807) is 20.8 Å². The molecule has 8 rings (SSSR count). The van der Waals surface area contributed by atoms with E-state index in [4.69, 9.17) is 98.1 Å². The van der Waals surface area contributed by atoms with Gasteiger partial charge < -0.3 is 90.2 Å². The number of hydrogen-bond donors (Lipinski definition) is 7. The van der Waals surface area contributed by atoms with E-state index in [0.29, 0.717) is 25.7 Å². The largest absolute Gasteiger partial charge is 0.509 e. The lowest BCUT2D eigenvalue weighted by molar-refractivity contribution is -0.193. The summed E-state index contributed by atoms with van der Waals surface area (Å²) >= 11 is 3.71. The Morgan fingerprint density at radius 2 is 0.458 bits per heavy atom. The Labute approximate surface area is 862 Å². The van der Waals surface area contributed by atoms with Crippen molar-refractivity contribution in [1.82, 2.24) is 10.6 Å². The van der Waals surface area contributed by atoms with Crippen LogP contribution in [0.2, 0.25) is 0 Å². The van der Waals surface area contributed by atoms with Crippen molar-refractivity contribution in [2.45, 2.75) is 512 Å². The van der Waals surface area contributed by atoms with Crippen LogP contribution in [0.15, 0.2) is 97.2 Å². The van der Waals surface area contributed by atoms with Crippen LogP contribution in [0.25, 0.3) is 0 Å². The standard InChI is InChI=1S/C13H24N2O2.C13H23NO3.C13H23NO2S.C13H23NO2.C13H22O4.C13H22O3S.C13H22O3.C13H22O2S.3CO2/c1-13(2,3)15-12(16)17-11-7-5-4-6-10(14)8-9-11;2*1-13(2,3)17-12(15)16-11-7-5-4-6-10(14)8-9-11;1-13(2,3)14-12(15)16-11-9-7-5-4-6-8-10-11;2*1-13(2,3)17-12(15)16-11-7-5-4-6-10(14)8-9-11;2*1-13(2,3)16-12(14)15-11-9-7-5-4-6-8-10-11;3*2-1-3/h5,7,10-11H,4,6,8-9,14H2,1-3H3,(H,15,16);2*5,7,10-11H,4,6,8-9,14H2,1-3H3;7,9,11H,4-6,8,10H2,1-3H3,(H,14,15);2*5,7,10-11,14H,4,6,8-9H2,1-3H3;2*7,9,11H,4-6,8,10H2,1-3H3;;;/b3*7-5+;9-7+;2*7-5+;2*9-7+;;;. The summed E-state index contributed by atoms with van der Waals surface area (Å²) in [6.45, 7) is 46.0. The summed E-state index contributed by atoms with van der Waals surface area (Å²) in [5.41, 5.74) is 15.7. The van der Waals surface area contributed by atoms with Gasteiger partial charge in [-0.1, -0.05) is 130 Å². The molecule has 13 atom stereocenters. The average Bonchev–Trinajstić information content (AvgIpc) is 0.943. The van der Waals surface area contributed by atoms with E-state index in [2.05, 4.69) is 34.9 Å². The minimum atomic E-state index is -0.651. The molecular weight excluding hydrogens is 1880 g/mol. The van der Waals surface area contributed by atoms with Crippen molar-refractivity contribution >= 4 is 100 Å². The average molecular weight is 2070 g/mol. The number of alkyl carbamates (subject to hydrolysis) is 2. The van der Waals surface area contributed by atoms with Gasteiger partial charge in [0, 0.05) is 43.4 Å². The molecular formula is C107H181N5O27S3. The van der Waals surface area contributed by atoms with Crippen molar-refractivity contribution in [3.63, 3.8) is 0 Å². The third-order valence-electron chi connectivity index (χ3n) is 19.7. The van der Waals surface area contributed by atoms with Crippen LogP contribution in [0, 0.1) is 0 Å². The number of aliphatic hydroxyl groups excluding tert-OH is 2. The molecule has 0 heterocycles. The molecule has 814 valence electrons. The molecule has 2 amide bonds. The van der Waals surface area contributed by atoms with Crippen LogP contribution in [0.1, 0.15) is 391 Å². The maximum atomic E-state index is 11.7. The van der Waals surface area contributed by atoms with Crippen LogP contribution in [-0.4, -0.2) is 197 Å². The molecule has 0 fully saturated rings. The Morgan fingerprint density at radius 1 is 0.261 bits per heavy atom. The normalized spacial score (nSPS) is 25.0. The van der Waals surface area contributed by atoms with Gasteiger partial charge in [0.1, 0.15) is 65.6 Å². The summed E-state index contributed by atoms with van der Waals surface area (Å²) in [7, 11) is 0. The topological polar surface area (TPSA) is 483 Å². The molecule has 0 aromatic carbocycles. The zero-order valence-electron chi connectivity index (χ0n) is 90.0. The number of amides is 2. The van der Waals surface area contributed by atoms with Crippen molar-refractivity contribution < 1.29 is 129 Å². The molecule has 142 heavy (non-hydrogen) atoms. The number of thioether (sulfide) groups is 3. The number of nitrogens with one attached hydrogen (secondary N) is 2. The third-order valence-corrected chi connectivity index (χ3v) is 22.3. The minimum absolute atomic E-state index is 0.0114. The molecule has 0 bridgehead atoms. The van der Waals surface area contributed by atoms with Crippen LogP contribution >= 0.6 is 35.3 Å². The molecule has 8 aliphatic carbocycles. The summed E-state index contributed by atoms with van der Waals surface area (Å²) in [6, 6.07) is 0.651. The van der Waals surface area contributed by atoms with E-state index in [1.165, 1.54) is 73.8 Å². The highest BCUT2D eigenvalue weighted by atomic mass is 32.2. The van der Waals surface area contributed by atoms with Crippen molar-refractivity contribution in [1.29, 1.82) is 0 Å². The fourth-order valence-electron chi connectivity index (χ4n) is 13.3. The molecule has 0 aromatic heterocycles. The highest BCUT2D eigenvalue weighted by Crippen LogP contribution is 2.32. The van der Waals surface area contributed by atoms with E-state index in [1.807, 2.05) is 218 Å². The van der Waals surface area contributed by atoms with Crippen LogP contribution in [0.5, 0.6) is 0 Å². The van der Waals surface area contributed by atoms with Crippen LogP contribution < -0.4 is 27.8 Å². The van der Waals surface area contributed by atoms with Gasteiger partial charge in [-0.25, -0.2) is 38.4 Å². The second-order valence-electron chi connectivity index (χ2n) is 43.3. The minimum Gasteiger partial charge on any atom is -0.450 e. The van der Waals surface area contributed by atoms with E-state index >= 15 is 0 Å². The number of carbonyl (C=O) groups excluding carboxylic acids is 14. The van der Waals surface area contributed by atoms with E-state index in [-0.39, 0.29) is 151 Å². The van der Waals surface area contributed by atoms with Gasteiger partial charge in [-0.15, -0.1) is 0 Å². The number of allylic oxidation sites excluding steroid dienone is 8. The first-order valence-electron chi connectivity index (χ1n) is 50.3. The lowest BCUT2D eigenvalue weighted by atomic mass is 10.0. The number of ether oxygens (including phenoxy) is 11. The lowest BCUT2D eigenvalue weighted by Crippen LogP contribution is -2.42. The molecule has 0 radical (unpaired) electrons. The van der Waals surface area contributed by atoms with Gasteiger partial charge in [-0.3, -0.25) is 0 Å². The Morgan fingerprint density at radius 3 is 0.690 bits per heavy atom. The summed E-state index contributed by atoms with van der Waals surface area (Å²) in [5.74, 6) is 0. The smallest absolute Gasteiger partial charge is 0.450 e. The predicted molar refractivity (Wildman–Crippen MR) is 558 cm³/mol. The molecule has 13 unspecified atom stereocenters. The molecule has 0 aromatic rings. The molecule has 8 aliphatic rings. The monoisotopic (exact) mass is 2060 g/mol. The highest BCUT2D eigenvalue weighted by molar-refractivity contribution is 8.14. The molecule has 0 saturated heterocycles. The summed E-state index contributed by atoms with van der Waals surface area (Å²) in [4.78, 5) is 141. The SMILES string of the molecule is CC(C)(C)NC(=O)OC1/C=C/CCC(N)CC1.CC(C)(C)NC(=O)OC1/C=C/CCCCC1.CC(C)(C)OC(=O)OC1/C=C/CCC(N)CC1.CC(C)(C)OC(=O)OC1/C=C/CCC(O)CC1.CC(C)(C)OC(=O)OC1/C=C/CCCCC1.CC(C)(C)SC(=O)OC1/C=C/CCC(N)CC1.CC(C)(C)SC(=O)OC1/C=C/CCC(O)CC1.CC(C)(C)SC(=O)OC1/C=C/CCCCC1.O=C=O.O=C=O.O=C=O. The van der Waals surface area contributed by atoms with E-state index in [0.717, 1.165) is 161 Å². The maximum absolute atomic E-state index is 11.7. The summed E-state index contributed by atoms with van der Waals surface area (Å²) < 4.78 is 57.7. The van der Waals surface area contributed by atoms with Crippen molar-refractivity contribution in [2.24, 2.45) is 17.2 Å². The Bertz CT molecular complexity index is 3360. The number of carbonyl (C=O) groups is 8. The number of rotatable bonds is 8. The molecule has 35 heteroatoms. The van der Waals surface area contributed by atoms with Crippen molar-refractivity contribution in [3.8, 4) is 0 Å². The van der Waals surface area contributed by atoms with Crippen molar-refractivity contribution in [3.05, 3.63) is 97.2 Å². The van der Waals surface area contributed by atoms with E-state index in [9.17, 15) is 48.6 Å². The van der Waals surface area contributed by atoms with Gasteiger partial charge >= 0.3 is 65.0 Å². The van der Waals surface area contributed by atoms with Crippen LogP contribution in [0.3, 0.4) is 0 Å². The van der Waals surface area contributed by atoms with Gasteiger partial charge in [0.2, 0.25) is 0 Å². The molecule has 0 aliphatic heterocycles. The first-order valence-corrected chi connectivity index (χ1v) is 52.7. The zero-order valence-corrected chi connectivity index (χ0v) is 92.5. The number of aliphatic hydroxyl groups is 2. The Kier molecular flexibility index (Phi) is 74.9. The van der Waals surface area contributed by atoms with Gasteiger partial charge in [0.25, 0.3) is 0 Å². The summed E-state index contributed by atoms with van der Waals surface area (Å²) in [5, 5.41) is 24.1. The number of nitrogens with two attached hydrogens (primary N) is 3. The number of hydrogen-bond acceptors (Lipinski definition) is 33. The zero-order chi connectivity index (χ0) is 109.